The number of ether oxygens (including phenoxy) is 3. The molecule has 2 atom stereocenters. The number of nitrogens with one attached hydrogen (secondary N) is 1. The summed E-state index contributed by atoms with van der Waals surface area (Å²) in [5.74, 6) is -1.50. The van der Waals surface area contributed by atoms with Crippen molar-refractivity contribution in [2.75, 3.05) is 46.6 Å². The SMILES string of the molecule is C=C(C)C(=O)OCCNC(=O)CN(CC(=O)O)Cc1ccc(C(C)CC)cc1.CCC(C)C(=O)OCCOC. The topological polar surface area (TPSA) is 131 Å². The fourth-order valence-corrected chi connectivity index (χ4v) is 3.06. The molecule has 10 nitrogen and oxygen atoms in total. The molecule has 0 heterocycles. The number of esters is 2. The van der Waals surface area contributed by atoms with Crippen LogP contribution in [0.15, 0.2) is 36.4 Å². The third-order valence-corrected chi connectivity index (χ3v) is 5.85. The largest absolute Gasteiger partial charge is 0.480 e. The second-order valence-electron chi connectivity index (χ2n) is 9.33. The highest BCUT2D eigenvalue weighted by molar-refractivity contribution is 5.87. The van der Waals surface area contributed by atoms with Gasteiger partial charge in [0.2, 0.25) is 5.91 Å². The van der Waals surface area contributed by atoms with E-state index in [1.54, 1.807) is 18.9 Å². The Balaban J connectivity index is 0.00000110. The van der Waals surface area contributed by atoms with Crippen molar-refractivity contribution < 1.29 is 38.5 Å². The summed E-state index contributed by atoms with van der Waals surface area (Å²) in [5, 5.41) is 11.7. The summed E-state index contributed by atoms with van der Waals surface area (Å²) < 4.78 is 14.5. The second-order valence-corrected chi connectivity index (χ2v) is 9.33. The number of hydrogen-bond donors (Lipinski definition) is 2. The minimum atomic E-state index is -1.00. The molecule has 0 aliphatic carbocycles. The summed E-state index contributed by atoms with van der Waals surface area (Å²) in [6.45, 7) is 14.2. The predicted octanol–water partition coefficient (Wildman–Crippen LogP) is 3.54. The summed E-state index contributed by atoms with van der Waals surface area (Å²) in [4.78, 5) is 47.0. The first-order chi connectivity index (χ1) is 18.4. The van der Waals surface area contributed by atoms with Gasteiger partial charge in [-0.05, 0) is 36.8 Å². The van der Waals surface area contributed by atoms with Crippen molar-refractivity contribution in [3.63, 3.8) is 0 Å². The van der Waals surface area contributed by atoms with E-state index in [0.717, 1.165) is 18.4 Å². The molecule has 0 saturated carbocycles. The molecule has 0 radical (unpaired) electrons. The van der Waals surface area contributed by atoms with Gasteiger partial charge >= 0.3 is 17.9 Å². The van der Waals surface area contributed by atoms with Gasteiger partial charge in [-0.25, -0.2) is 4.79 Å². The molecule has 2 unspecified atom stereocenters. The van der Waals surface area contributed by atoms with Gasteiger partial charge in [0.1, 0.15) is 13.2 Å². The van der Waals surface area contributed by atoms with Crippen molar-refractivity contribution in [3.05, 3.63) is 47.5 Å². The lowest BCUT2D eigenvalue weighted by atomic mass is 9.97. The van der Waals surface area contributed by atoms with E-state index in [4.69, 9.17) is 19.3 Å². The van der Waals surface area contributed by atoms with Crippen LogP contribution < -0.4 is 5.32 Å². The Morgan fingerprint density at radius 3 is 2.13 bits per heavy atom. The molecule has 2 N–H and O–H groups in total. The molecule has 220 valence electrons. The zero-order valence-corrected chi connectivity index (χ0v) is 24.3. The number of carbonyl (C=O) groups is 4. The molecule has 39 heavy (non-hydrogen) atoms. The molecular formula is C29H46N2O8. The molecule has 0 fully saturated rings. The average Bonchev–Trinajstić information content (AvgIpc) is 2.90. The molecule has 0 bridgehead atoms. The van der Waals surface area contributed by atoms with Crippen LogP contribution in [0.25, 0.3) is 0 Å². The number of rotatable bonds is 17. The highest BCUT2D eigenvalue weighted by atomic mass is 16.6. The highest BCUT2D eigenvalue weighted by Gasteiger charge is 2.15. The van der Waals surface area contributed by atoms with Gasteiger partial charge in [-0.1, -0.05) is 58.5 Å². The summed E-state index contributed by atoms with van der Waals surface area (Å²) in [7, 11) is 1.58. The van der Waals surface area contributed by atoms with Crippen LogP contribution in [-0.2, 0) is 39.9 Å². The molecule has 10 heteroatoms. The Hall–Kier alpha value is -3.24. The van der Waals surface area contributed by atoms with Gasteiger partial charge in [-0.3, -0.25) is 19.3 Å². The molecular weight excluding hydrogens is 504 g/mol. The molecule has 1 amide bonds. The Morgan fingerprint density at radius 1 is 0.974 bits per heavy atom. The maximum absolute atomic E-state index is 12.1. The quantitative estimate of drug-likeness (QED) is 0.170. The van der Waals surface area contributed by atoms with Crippen LogP contribution in [0.5, 0.6) is 0 Å². The number of carboxylic acid groups (broad SMARTS) is 1. The minimum absolute atomic E-state index is 0.00635. The summed E-state index contributed by atoms with van der Waals surface area (Å²) in [5.41, 5.74) is 2.47. The van der Waals surface area contributed by atoms with E-state index < -0.39 is 11.9 Å². The molecule has 0 aliphatic rings. The Bertz CT molecular complexity index is 901. The minimum Gasteiger partial charge on any atom is -0.480 e. The van der Waals surface area contributed by atoms with E-state index in [0.29, 0.717) is 31.2 Å². The lowest BCUT2D eigenvalue weighted by Gasteiger charge is -2.20. The van der Waals surface area contributed by atoms with E-state index in [1.807, 2.05) is 38.1 Å². The van der Waals surface area contributed by atoms with Crippen molar-refractivity contribution in [3.8, 4) is 0 Å². The molecule has 0 aliphatic heterocycles. The Labute approximate surface area is 232 Å². The normalized spacial score (nSPS) is 12.0. The van der Waals surface area contributed by atoms with E-state index in [-0.39, 0.29) is 44.0 Å². The van der Waals surface area contributed by atoms with Gasteiger partial charge in [0.15, 0.2) is 0 Å². The van der Waals surface area contributed by atoms with Crippen LogP contribution in [0, 0.1) is 5.92 Å². The van der Waals surface area contributed by atoms with E-state index in [9.17, 15) is 19.2 Å². The number of nitrogens with zero attached hydrogens (tertiary/aromatic N) is 1. The van der Waals surface area contributed by atoms with Gasteiger partial charge < -0.3 is 24.6 Å². The number of carboxylic acids is 1. The van der Waals surface area contributed by atoms with Crippen molar-refractivity contribution in [2.24, 2.45) is 5.92 Å². The number of aliphatic carboxylic acids is 1. The standard InChI is InChI=1S/C21H30N2O5.C8H16O3/c1-5-16(4)18-8-6-17(7-9-18)12-23(14-20(25)26)13-19(24)22-10-11-28-21(27)15(2)3;1-4-7(2)8(9)11-6-5-10-3/h6-9,16H,2,5,10-14H2,1,3-4H3,(H,22,24)(H,25,26);7H,4-6H2,1-3H3. The van der Waals surface area contributed by atoms with E-state index in [2.05, 4.69) is 25.7 Å². The van der Waals surface area contributed by atoms with Gasteiger partial charge in [0.25, 0.3) is 0 Å². The number of hydrogen-bond acceptors (Lipinski definition) is 8. The van der Waals surface area contributed by atoms with Crippen LogP contribution in [0.1, 0.15) is 64.5 Å². The number of benzene rings is 1. The summed E-state index contributed by atoms with van der Waals surface area (Å²) in [6.07, 6.45) is 1.87. The van der Waals surface area contributed by atoms with Gasteiger partial charge in [0, 0.05) is 19.2 Å². The third kappa shape index (κ3) is 17.1. The molecule has 1 aromatic rings. The molecule has 0 spiro atoms. The average molecular weight is 551 g/mol. The lowest BCUT2D eigenvalue weighted by Crippen LogP contribution is -2.40. The highest BCUT2D eigenvalue weighted by Crippen LogP contribution is 2.19. The first-order valence-corrected chi connectivity index (χ1v) is 13.2. The van der Waals surface area contributed by atoms with E-state index in [1.165, 1.54) is 5.56 Å². The molecule has 0 aromatic heterocycles. The van der Waals surface area contributed by atoms with E-state index >= 15 is 0 Å². The fourth-order valence-electron chi connectivity index (χ4n) is 3.06. The van der Waals surface area contributed by atoms with Crippen LogP contribution in [0.4, 0.5) is 0 Å². The van der Waals surface area contributed by atoms with Gasteiger partial charge in [-0.2, -0.15) is 0 Å². The third-order valence-electron chi connectivity index (χ3n) is 5.85. The van der Waals surface area contributed by atoms with Crippen molar-refractivity contribution in [1.29, 1.82) is 0 Å². The summed E-state index contributed by atoms with van der Waals surface area (Å²) in [6, 6.07) is 8.01. The predicted molar refractivity (Wildman–Crippen MR) is 149 cm³/mol. The second kappa shape index (κ2) is 20.7. The van der Waals surface area contributed by atoms with Crippen LogP contribution in [0.3, 0.4) is 0 Å². The van der Waals surface area contributed by atoms with Crippen molar-refractivity contribution in [2.45, 2.75) is 59.9 Å². The maximum atomic E-state index is 12.1. The van der Waals surface area contributed by atoms with Gasteiger partial charge in [0.05, 0.1) is 32.2 Å². The van der Waals surface area contributed by atoms with Crippen LogP contribution in [-0.4, -0.2) is 80.4 Å². The number of amides is 1. The first kappa shape index (κ1) is 35.8. The monoisotopic (exact) mass is 550 g/mol. The smallest absolute Gasteiger partial charge is 0.333 e. The number of carbonyl (C=O) groups excluding carboxylic acids is 3. The maximum Gasteiger partial charge on any atom is 0.333 e. The zero-order chi connectivity index (χ0) is 29.8. The van der Waals surface area contributed by atoms with Gasteiger partial charge in [-0.15, -0.1) is 0 Å². The number of methoxy groups -OCH3 is 1. The van der Waals surface area contributed by atoms with Crippen LogP contribution >= 0.6 is 0 Å². The zero-order valence-electron chi connectivity index (χ0n) is 24.3. The lowest BCUT2D eigenvalue weighted by molar-refractivity contribution is -0.149. The fraction of sp³-hybridized carbons (Fsp3) is 0.586. The Kier molecular flexibility index (Phi) is 19.0. The molecule has 0 saturated heterocycles. The Morgan fingerprint density at radius 2 is 1.62 bits per heavy atom. The van der Waals surface area contributed by atoms with Crippen molar-refractivity contribution >= 4 is 23.8 Å². The molecule has 1 aromatic carbocycles. The molecule has 1 rings (SSSR count). The van der Waals surface area contributed by atoms with Crippen molar-refractivity contribution in [1.82, 2.24) is 10.2 Å². The first-order valence-electron chi connectivity index (χ1n) is 13.2. The van der Waals surface area contributed by atoms with Crippen LogP contribution in [0.2, 0.25) is 0 Å². The summed E-state index contributed by atoms with van der Waals surface area (Å²) >= 11 is 0.